The van der Waals surface area contributed by atoms with Crippen molar-refractivity contribution in [1.82, 2.24) is 4.90 Å². The Balaban J connectivity index is 0.000000171. The van der Waals surface area contributed by atoms with E-state index in [1.807, 2.05) is 24.0 Å². The summed E-state index contributed by atoms with van der Waals surface area (Å²) in [6.45, 7) is 7.97. The van der Waals surface area contributed by atoms with Crippen molar-refractivity contribution >= 4 is 17.5 Å². The molecular weight excluding hydrogens is 430 g/mol. The van der Waals surface area contributed by atoms with Crippen molar-refractivity contribution in [3.63, 3.8) is 0 Å². The molecule has 1 unspecified atom stereocenters. The lowest BCUT2D eigenvalue weighted by molar-refractivity contribution is -0.130. The van der Waals surface area contributed by atoms with Gasteiger partial charge in [-0.1, -0.05) is 31.5 Å². The van der Waals surface area contributed by atoms with Crippen LogP contribution in [0.1, 0.15) is 56.2 Å². The molecule has 1 saturated carbocycles. The van der Waals surface area contributed by atoms with Gasteiger partial charge in [0.25, 0.3) is 0 Å². The predicted octanol–water partition coefficient (Wildman–Crippen LogP) is 6.70. The molecule has 0 radical (unpaired) electrons. The second-order valence-electron chi connectivity index (χ2n) is 8.57. The molecule has 1 aliphatic heterocycles. The van der Waals surface area contributed by atoms with E-state index in [2.05, 4.69) is 6.92 Å². The first-order chi connectivity index (χ1) is 15.2. The minimum atomic E-state index is -0.377. The number of aryl methyl sites for hydroxylation is 2. The molecule has 0 aromatic heterocycles. The van der Waals surface area contributed by atoms with Gasteiger partial charge in [-0.25, -0.2) is 8.78 Å². The number of amides is 1. The highest BCUT2D eigenvalue weighted by Gasteiger charge is 2.29. The molecule has 2 aromatic rings. The number of hydrogen-bond acceptors (Lipinski definition) is 2. The summed E-state index contributed by atoms with van der Waals surface area (Å²) in [5.41, 5.74) is 2.04. The van der Waals surface area contributed by atoms with Gasteiger partial charge in [0.2, 0.25) is 5.91 Å². The second kappa shape index (κ2) is 12.6. The summed E-state index contributed by atoms with van der Waals surface area (Å²) in [6.07, 6.45) is 5.14. The number of rotatable bonds is 3. The van der Waals surface area contributed by atoms with Gasteiger partial charge in [0.15, 0.2) is 0 Å². The van der Waals surface area contributed by atoms with Crippen LogP contribution in [-0.2, 0) is 11.2 Å². The first-order valence-corrected chi connectivity index (χ1v) is 11.5. The monoisotopic (exact) mass is 460 g/mol. The zero-order valence-corrected chi connectivity index (χ0v) is 19.8. The number of nitrogens with zero attached hydrogens (tertiary/aromatic N) is 2. The molecule has 1 heterocycles. The van der Waals surface area contributed by atoms with E-state index >= 15 is 0 Å². The standard InChI is InChI=1S/C10H17NO.C8H6ClN.C8H8F2/c1-8-4-5-11(7-8)10(12)6-9-2-3-9;1-6-2-3-7(5-10)8(9)4-6;1-2-6-5-7(9)3-4-8(6)10/h8-9H,2-7H2,1H3;2-4H,1H3;3-5H,2H2,1H3. The molecule has 1 amide bonds. The minimum absolute atomic E-state index is 0.330. The Hall–Kier alpha value is -2.45. The van der Waals surface area contributed by atoms with E-state index in [1.165, 1.54) is 25.3 Å². The van der Waals surface area contributed by atoms with Gasteiger partial charge in [0.05, 0.1) is 10.6 Å². The van der Waals surface area contributed by atoms with E-state index in [-0.39, 0.29) is 11.6 Å². The summed E-state index contributed by atoms with van der Waals surface area (Å²) in [4.78, 5) is 13.6. The molecule has 0 spiro atoms. The number of carbonyl (C=O) groups excluding carboxylic acids is 1. The zero-order chi connectivity index (χ0) is 23.7. The fraction of sp³-hybridized carbons (Fsp3) is 0.462. The van der Waals surface area contributed by atoms with Crippen LogP contribution in [0.5, 0.6) is 0 Å². The lowest BCUT2D eigenvalue weighted by Gasteiger charge is -2.15. The molecule has 2 aliphatic rings. The number of nitriles is 1. The molecule has 1 saturated heterocycles. The predicted molar refractivity (Wildman–Crippen MR) is 124 cm³/mol. The first-order valence-electron chi connectivity index (χ1n) is 11.1. The molecule has 0 N–H and O–H groups in total. The van der Waals surface area contributed by atoms with Gasteiger partial charge in [-0.05, 0) is 85.9 Å². The van der Waals surface area contributed by atoms with E-state index in [1.54, 1.807) is 19.1 Å². The van der Waals surface area contributed by atoms with Crippen molar-refractivity contribution in [2.24, 2.45) is 11.8 Å². The van der Waals surface area contributed by atoms with Crippen LogP contribution >= 0.6 is 11.6 Å². The largest absolute Gasteiger partial charge is 0.342 e. The van der Waals surface area contributed by atoms with E-state index in [9.17, 15) is 13.6 Å². The van der Waals surface area contributed by atoms with E-state index in [0.29, 0.717) is 28.5 Å². The van der Waals surface area contributed by atoms with Gasteiger partial charge in [0, 0.05) is 19.5 Å². The number of carbonyl (C=O) groups is 1. The maximum absolute atomic E-state index is 12.6. The van der Waals surface area contributed by atoms with Gasteiger partial charge in [-0.3, -0.25) is 4.79 Å². The highest BCUT2D eigenvalue weighted by Crippen LogP contribution is 2.33. The third-order valence-corrected chi connectivity index (χ3v) is 5.88. The summed E-state index contributed by atoms with van der Waals surface area (Å²) in [5, 5.41) is 9.00. The Morgan fingerprint density at radius 2 is 1.91 bits per heavy atom. The van der Waals surface area contributed by atoms with Crippen LogP contribution in [0.3, 0.4) is 0 Å². The third kappa shape index (κ3) is 8.59. The summed E-state index contributed by atoms with van der Waals surface area (Å²) >= 11 is 5.71. The topological polar surface area (TPSA) is 44.1 Å². The van der Waals surface area contributed by atoms with Crippen LogP contribution in [0.4, 0.5) is 8.78 Å². The van der Waals surface area contributed by atoms with Gasteiger partial charge in [0.1, 0.15) is 17.7 Å². The normalized spacial score (nSPS) is 16.9. The van der Waals surface area contributed by atoms with Crippen LogP contribution in [0.15, 0.2) is 36.4 Å². The lowest BCUT2D eigenvalue weighted by Crippen LogP contribution is -2.28. The Morgan fingerprint density at radius 3 is 2.41 bits per heavy atom. The van der Waals surface area contributed by atoms with Crippen molar-refractivity contribution < 1.29 is 13.6 Å². The van der Waals surface area contributed by atoms with Crippen LogP contribution in [-0.4, -0.2) is 23.9 Å². The highest BCUT2D eigenvalue weighted by molar-refractivity contribution is 6.31. The number of likely N-dealkylation sites (tertiary alicyclic amines) is 1. The average molecular weight is 461 g/mol. The van der Waals surface area contributed by atoms with E-state index in [0.717, 1.165) is 49.0 Å². The van der Waals surface area contributed by atoms with Crippen LogP contribution in [0.2, 0.25) is 5.02 Å². The highest BCUT2D eigenvalue weighted by atomic mass is 35.5. The van der Waals surface area contributed by atoms with Gasteiger partial charge >= 0.3 is 0 Å². The molecule has 6 heteroatoms. The number of benzene rings is 2. The molecular formula is C26H31ClF2N2O. The van der Waals surface area contributed by atoms with Crippen molar-refractivity contribution in [1.29, 1.82) is 5.26 Å². The van der Waals surface area contributed by atoms with Crippen LogP contribution in [0, 0.1) is 41.7 Å². The van der Waals surface area contributed by atoms with E-state index in [4.69, 9.17) is 16.9 Å². The number of halogens is 3. The van der Waals surface area contributed by atoms with Crippen LogP contribution in [0.25, 0.3) is 0 Å². The van der Waals surface area contributed by atoms with E-state index < -0.39 is 0 Å². The van der Waals surface area contributed by atoms with Crippen molar-refractivity contribution in [3.8, 4) is 6.07 Å². The quantitative estimate of drug-likeness (QED) is 0.511. The second-order valence-corrected chi connectivity index (χ2v) is 8.97. The van der Waals surface area contributed by atoms with Gasteiger partial charge in [-0.2, -0.15) is 5.26 Å². The summed E-state index contributed by atoms with van der Waals surface area (Å²) in [5.74, 6) is 1.17. The molecule has 3 nitrogen and oxygen atoms in total. The van der Waals surface area contributed by atoms with Crippen molar-refractivity contribution in [3.05, 3.63) is 69.7 Å². The summed E-state index contributed by atoms with van der Waals surface area (Å²) in [6, 6.07) is 10.8. The molecule has 2 aromatic carbocycles. The molecule has 4 rings (SSSR count). The SMILES string of the molecule is CC1CCN(C(=O)CC2CC2)C1.CCc1cc(F)ccc1F.Cc1ccc(C#N)c(Cl)c1. The van der Waals surface area contributed by atoms with Crippen LogP contribution < -0.4 is 0 Å². The smallest absolute Gasteiger partial charge is 0.222 e. The summed E-state index contributed by atoms with van der Waals surface area (Å²) < 4.78 is 25.0. The Labute approximate surface area is 195 Å². The maximum Gasteiger partial charge on any atom is 0.222 e. The lowest BCUT2D eigenvalue weighted by atomic mass is 10.1. The number of hydrogen-bond donors (Lipinski definition) is 0. The fourth-order valence-corrected chi connectivity index (χ4v) is 3.66. The molecule has 0 bridgehead atoms. The molecule has 1 atom stereocenters. The molecule has 172 valence electrons. The maximum atomic E-state index is 12.6. The summed E-state index contributed by atoms with van der Waals surface area (Å²) in [7, 11) is 0. The third-order valence-electron chi connectivity index (χ3n) is 5.57. The minimum Gasteiger partial charge on any atom is -0.342 e. The Kier molecular flexibility index (Phi) is 10.1. The first kappa shape index (κ1) is 25.8. The zero-order valence-electron chi connectivity index (χ0n) is 19.0. The van der Waals surface area contributed by atoms with Gasteiger partial charge < -0.3 is 4.90 Å². The molecule has 1 aliphatic carbocycles. The van der Waals surface area contributed by atoms with Crippen molar-refractivity contribution in [2.45, 2.75) is 52.9 Å². The molecule has 2 fully saturated rings. The Bertz CT molecular complexity index is 944. The van der Waals surface area contributed by atoms with Gasteiger partial charge in [-0.15, -0.1) is 0 Å². The average Bonchev–Trinajstić information content (AvgIpc) is 3.47. The molecule has 32 heavy (non-hydrogen) atoms. The Morgan fingerprint density at radius 1 is 1.19 bits per heavy atom. The van der Waals surface area contributed by atoms with Crippen molar-refractivity contribution in [2.75, 3.05) is 13.1 Å². The fourth-order valence-electron chi connectivity index (χ4n) is 3.38.